The molecule has 25 heavy (non-hydrogen) atoms. The molecule has 1 fully saturated rings. The van der Waals surface area contributed by atoms with Crippen LogP contribution < -0.4 is 15.5 Å². The van der Waals surface area contributed by atoms with Crippen LogP contribution in [0.4, 0.5) is 10.1 Å². The molecular weight excluding hydrogens is 357 g/mol. The highest BCUT2D eigenvalue weighted by molar-refractivity contribution is 7.80. The van der Waals surface area contributed by atoms with E-state index < -0.39 is 0 Å². The van der Waals surface area contributed by atoms with E-state index in [-0.39, 0.29) is 5.82 Å². The zero-order valence-electron chi connectivity index (χ0n) is 14.2. The van der Waals surface area contributed by atoms with E-state index in [2.05, 4.69) is 28.1 Å². The molecule has 3 rings (SSSR count). The molecule has 0 saturated carbocycles. The van der Waals surface area contributed by atoms with Crippen LogP contribution in [0.3, 0.4) is 0 Å². The number of morpholine rings is 1. The number of nitrogens with one attached hydrogen (secondary N) is 3. The molecule has 1 aliphatic rings. The van der Waals surface area contributed by atoms with Gasteiger partial charge in [-0.05, 0) is 48.3 Å². The Morgan fingerprint density at radius 2 is 2.16 bits per heavy atom. The highest BCUT2D eigenvalue weighted by Crippen LogP contribution is 2.17. The number of benzene rings is 1. The molecular formula is C18H23FN3OS2+. The number of aryl methyl sites for hydroxylation is 1. The van der Waals surface area contributed by atoms with Crippen LogP contribution >= 0.6 is 23.6 Å². The van der Waals surface area contributed by atoms with Gasteiger partial charge in [0.1, 0.15) is 24.9 Å². The van der Waals surface area contributed by atoms with E-state index in [0.717, 1.165) is 32.8 Å². The molecule has 0 spiro atoms. The third-order valence-electron chi connectivity index (χ3n) is 4.41. The maximum absolute atomic E-state index is 13.7. The first kappa shape index (κ1) is 18.3. The Hall–Kier alpha value is -1.54. The summed E-state index contributed by atoms with van der Waals surface area (Å²) >= 11 is 7.16. The van der Waals surface area contributed by atoms with E-state index >= 15 is 0 Å². The second-order valence-corrected chi connectivity index (χ2v) is 7.53. The number of ether oxygens (including phenoxy) is 1. The van der Waals surface area contributed by atoms with E-state index in [1.165, 1.54) is 15.8 Å². The Morgan fingerprint density at radius 3 is 2.84 bits per heavy atom. The number of thiocarbonyl (C=S) groups is 1. The predicted molar refractivity (Wildman–Crippen MR) is 104 cm³/mol. The van der Waals surface area contributed by atoms with Crippen LogP contribution in [0.25, 0.3) is 0 Å². The van der Waals surface area contributed by atoms with Gasteiger partial charge in [-0.1, -0.05) is 12.1 Å². The third kappa shape index (κ3) is 4.98. The molecule has 4 nitrogen and oxygen atoms in total. The van der Waals surface area contributed by atoms with Crippen molar-refractivity contribution in [3.63, 3.8) is 0 Å². The second-order valence-electron chi connectivity index (χ2n) is 6.14. The summed E-state index contributed by atoms with van der Waals surface area (Å²) in [4.78, 5) is 2.85. The maximum atomic E-state index is 13.7. The standard InChI is InChI=1S/C18H22FN3OS2/c1-13-4-5-14(11-15(13)19)21-18(24)20-12-16(17-3-2-10-25-17)22-6-8-23-9-7-22/h2-5,10-11,16H,6-9,12H2,1H3,(H2,20,21,24)/p+1/t16-/m1/s1. The summed E-state index contributed by atoms with van der Waals surface area (Å²) in [5.74, 6) is -0.234. The molecule has 1 aromatic carbocycles. The number of halogens is 1. The highest BCUT2D eigenvalue weighted by atomic mass is 32.1. The first-order valence-corrected chi connectivity index (χ1v) is 9.69. The Morgan fingerprint density at radius 1 is 1.36 bits per heavy atom. The molecule has 1 aliphatic heterocycles. The van der Waals surface area contributed by atoms with E-state index in [1.807, 2.05) is 6.07 Å². The van der Waals surface area contributed by atoms with Crippen LogP contribution in [0.1, 0.15) is 16.5 Å². The fourth-order valence-corrected chi connectivity index (χ4v) is 4.05. The molecule has 2 aromatic rings. The topological polar surface area (TPSA) is 37.7 Å². The molecule has 0 amide bonds. The van der Waals surface area contributed by atoms with Crippen LogP contribution in [-0.2, 0) is 4.74 Å². The first-order chi connectivity index (χ1) is 12.1. The summed E-state index contributed by atoms with van der Waals surface area (Å²) in [6.45, 7) is 6.05. The average Bonchev–Trinajstić information content (AvgIpc) is 3.14. The molecule has 0 aliphatic carbocycles. The quantitative estimate of drug-likeness (QED) is 0.695. The lowest BCUT2D eigenvalue weighted by Gasteiger charge is -2.31. The molecule has 134 valence electrons. The van der Waals surface area contributed by atoms with E-state index in [0.29, 0.717) is 22.4 Å². The number of hydrogen-bond acceptors (Lipinski definition) is 3. The van der Waals surface area contributed by atoms with Gasteiger partial charge in [-0.3, -0.25) is 0 Å². The van der Waals surface area contributed by atoms with Gasteiger partial charge in [0, 0.05) is 5.69 Å². The van der Waals surface area contributed by atoms with Gasteiger partial charge < -0.3 is 20.3 Å². The number of anilines is 1. The Labute approximate surface area is 157 Å². The SMILES string of the molecule is Cc1ccc(NC(=S)NC[C@H](c2cccs2)[NH+]2CCOCC2)cc1F. The van der Waals surface area contributed by atoms with Crippen LogP contribution in [0.5, 0.6) is 0 Å². The highest BCUT2D eigenvalue weighted by Gasteiger charge is 2.27. The predicted octanol–water partition coefficient (Wildman–Crippen LogP) is 2.14. The lowest BCUT2D eigenvalue weighted by molar-refractivity contribution is -0.937. The Kier molecular flexibility index (Phi) is 6.36. The fraction of sp³-hybridized carbons (Fsp3) is 0.389. The zero-order chi connectivity index (χ0) is 17.6. The van der Waals surface area contributed by atoms with E-state index in [9.17, 15) is 4.39 Å². The van der Waals surface area contributed by atoms with Gasteiger partial charge in [-0.2, -0.15) is 0 Å². The summed E-state index contributed by atoms with van der Waals surface area (Å²) in [5, 5.41) is 8.97. The van der Waals surface area contributed by atoms with Gasteiger partial charge in [0.05, 0.1) is 24.6 Å². The van der Waals surface area contributed by atoms with Crippen molar-refractivity contribution >= 4 is 34.4 Å². The summed E-state index contributed by atoms with van der Waals surface area (Å²) in [6, 6.07) is 9.62. The fourth-order valence-electron chi connectivity index (χ4n) is 2.96. The van der Waals surface area contributed by atoms with E-state index in [1.54, 1.807) is 24.3 Å². The van der Waals surface area contributed by atoms with Gasteiger partial charge in [0.2, 0.25) is 0 Å². The Bertz CT molecular complexity index is 702. The van der Waals surface area contributed by atoms with Crippen LogP contribution in [0.15, 0.2) is 35.7 Å². The molecule has 0 radical (unpaired) electrons. The third-order valence-corrected chi connectivity index (χ3v) is 5.64. The maximum Gasteiger partial charge on any atom is 0.171 e. The van der Waals surface area contributed by atoms with Crippen molar-refractivity contribution in [3.05, 3.63) is 52.0 Å². The minimum atomic E-state index is -0.234. The molecule has 1 atom stereocenters. The van der Waals surface area contributed by atoms with Crippen molar-refractivity contribution in [2.75, 3.05) is 38.2 Å². The Balaban J connectivity index is 1.60. The minimum absolute atomic E-state index is 0.234. The molecule has 7 heteroatoms. The van der Waals surface area contributed by atoms with Crippen LogP contribution in [-0.4, -0.2) is 38.0 Å². The molecule has 1 saturated heterocycles. The average molecular weight is 381 g/mol. The molecule has 0 bridgehead atoms. The van der Waals surface area contributed by atoms with Crippen molar-refractivity contribution in [1.29, 1.82) is 0 Å². The van der Waals surface area contributed by atoms with Crippen molar-refractivity contribution in [2.24, 2.45) is 0 Å². The monoisotopic (exact) mass is 380 g/mol. The molecule has 0 unspecified atom stereocenters. The number of hydrogen-bond donors (Lipinski definition) is 3. The lowest BCUT2D eigenvalue weighted by atomic mass is 10.2. The number of thiophene rings is 1. The van der Waals surface area contributed by atoms with E-state index in [4.69, 9.17) is 17.0 Å². The van der Waals surface area contributed by atoms with Crippen molar-refractivity contribution in [3.8, 4) is 0 Å². The number of quaternary nitrogens is 1. The van der Waals surface area contributed by atoms with Gasteiger partial charge in [0.25, 0.3) is 0 Å². The summed E-state index contributed by atoms with van der Waals surface area (Å²) in [6.07, 6.45) is 0. The van der Waals surface area contributed by atoms with Crippen molar-refractivity contribution in [1.82, 2.24) is 5.32 Å². The van der Waals surface area contributed by atoms with Gasteiger partial charge in [-0.15, -0.1) is 11.3 Å². The first-order valence-electron chi connectivity index (χ1n) is 8.40. The smallest absolute Gasteiger partial charge is 0.171 e. The summed E-state index contributed by atoms with van der Waals surface area (Å²) < 4.78 is 19.1. The van der Waals surface area contributed by atoms with Gasteiger partial charge in [-0.25, -0.2) is 4.39 Å². The van der Waals surface area contributed by atoms with Crippen LogP contribution in [0, 0.1) is 12.7 Å². The molecule has 1 aromatic heterocycles. The van der Waals surface area contributed by atoms with Gasteiger partial charge >= 0.3 is 0 Å². The van der Waals surface area contributed by atoms with Crippen molar-refractivity contribution in [2.45, 2.75) is 13.0 Å². The largest absolute Gasteiger partial charge is 0.370 e. The normalized spacial score (nSPS) is 16.4. The minimum Gasteiger partial charge on any atom is -0.370 e. The molecule has 3 N–H and O–H groups in total. The van der Waals surface area contributed by atoms with Gasteiger partial charge in [0.15, 0.2) is 5.11 Å². The summed E-state index contributed by atoms with van der Waals surface area (Å²) in [7, 11) is 0. The number of rotatable bonds is 5. The van der Waals surface area contributed by atoms with Crippen LogP contribution in [0.2, 0.25) is 0 Å². The lowest BCUT2D eigenvalue weighted by Crippen LogP contribution is -3.15. The molecule has 2 heterocycles. The second kappa shape index (κ2) is 8.71. The summed E-state index contributed by atoms with van der Waals surface area (Å²) in [5.41, 5.74) is 1.28. The van der Waals surface area contributed by atoms with Crippen molar-refractivity contribution < 1.29 is 14.0 Å². The zero-order valence-corrected chi connectivity index (χ0v) is 15.8.